The van der Waals surface area contributed by atoms with Crippen LogP contribution in [-0.2, 0) is 9.53 Å². The van der Waals surface area contributed by atoms with E-state index in [1.807, 2.05) is 11.0 Å². The number of Topliss-reactive ketones (excluding diaryl/α,β-unsaturated/α-hetero) is 1. The predicted octanol–water partition coefficient (Wildman–Crippen LogP) is 2.41. The highest BCUT2D eigenvalue weighted by molar-refractivity contribution is 6.02. The highest BCUT2D eigenvalue weighted by Crippen LogP contribution is 2.22. The topological polar surface area (TPSA) is 95.6 Å². The Hall–Kier alpha value is -3.75. The number of halogens is 1. The fourth-order valence-corrected chi connectivity index (χ4v) is 3.59. The van der Waals surface area contributed by atoms with E-state index < -0.39 is 11.8 Å². The van der Waals surface area contributed by atoms with Gasteiger partial charge in [-0.05, 0) is 31.2 Å². The van der Waals surface area contributed by atoms with Crippen LogP contribution >= 0.6 is 0 Å². The van der Waals surface area contributed by atoms with Gasteiger partial charge in [-0.2, -0.15) is 5.10 Å². The molecule has 160 valence electrons. The summed E-state index contributed by atoms with van der Waals surface area (Å²) in [6, 6.07) is 11.6. The molecule has 0 saturated carbocycles. The number of nitrogens with zero attached hydrogens (tertiary/aromatic N) is 3. The van der Waals surface area contributed by atoms with Crippen LogP contribution in [0, 0.1) is 5.82 Å². The van der Waals surface area contributed by atoms with E-state index in [2.05, 4.69) is 10.2 Å². The second-order valence-corrected chi connectivity index (χ2v) is 7.28. The van der Waals surface area contributed by atoms with Crippen molar-refractivity contribution in [2.24, 2.45) is 0 Å². The number of hydrogen-bond acceptors (Lipinski definition) is 6. The zero-order chi connectivity index (χ0) is 22.0. The molecule has 0 unspecified atom stereocenters. The van der Waals surface area contributed by atoms with E-state index in [0.717, 1.165) is 0 Å². The number of fused-ring (bicyclic) bond motifs is 1. The molecular formula is C22H21FN4O4. The summed E-state index contributed by atoms with van der Waals surface area (Å²) in [6.45, 7) is 2.60. The van der Waals surface area contributed by atoms with Gasteiger partial charge in [0.05, 0.1) is 11.2 Å². The Morgan fingerprint density at radius 1 is 1.10 bits per heavy atom. The number of ether oxygens (including phenoxy) is 1. The Morgan fingerprint density at radius 3 is 2.55 bits per heavy atom. The predicted molar refractivity (Wildman–Crippen MR) is 112 cm³/mol. The van der Waals surface area contributed by atoms with E-state index in [0.29, 0.717) is 48.3 Å². The van der Waals surface area contributed by atoms with Crippen molar-refractivity contribution in [2.75, 3.05) is 37.7 Å². The molecular weight excluding hydrogens is 403 g/mol. The maximum atomic E-state index is 14.4. The Labute approximate surface area is 177 Å². The molecule has 31 heavy (non-hydrogen) atoms. The van der Waals surface area contributed by atoms with Gasteiger partial charge in [-0.25, -0.2) is 9.18 Å². The van der Waals surface area contributed by atoms with E-state index in [-0.39, 0.29) is 24.0 Å². The summed E-state index contributed by atoms with van der Waals surface area (Å²) in [6.07, 6.45) is 0. The van der Waals surface area contributed by atoms with Crippen molar-refractivity contribution >= 4 is 34.3 Å². The molecule has 0 radical (unpaired) electrons. The number of rotatable bonds is 5. The van der Waals surface area contributed by atoms with Gasteiger partial charge in [-0.15, -0.1) is 0 Å². The normalized spacial score (nSPS) is 14.0. The number of carbonyl (C=O) groups is 3. The number of esters is 1. The maximum Gasteiger partial charge on any atom is 0.359 e. The molecule has 4 rings (SSSR count). The number of anilines is 1. The van der Waals surface area contributed by atoms with Gasteiger partial charge in [0.25, 0.3) is 5.91 Å². The third-order valence-electron chi connectivity index (χ3n) is 5.32. The first-order valence-electron chi connectivity index (χ1n) is 9.87. The van der Waals surface area contributed by atoms with Crippen molar-refractivity contribution in [3.05, 3.63) is 59.5 Å². The fourth-order valence-electron chi connectivity index (χ4n) is 3.59. The van der Waals surface area contributed by atoms with E-state index >= 15 is 0 Å². The molecule has 8 nitrogen and oxygen atoms in total. The van der Waals surface area contributed by atoms with Crippen molar-refractivity contribution in [3.63, 3.8) is 0 Å². The average Bonchev–Trinajstić information content (AvgIpc) is 3.21. The van der Waals surface area contributed by atoms with Crippen molar-refractivity contribution in [2.45, 2.75) is 6.92 Å². The number of aromatic nitrogens is 2. The van der Waals surface area contributed by atoms with Crippen LogP contribution in [0.3, 0.4) is 0 Å². The monoisotopic (exact) mass is 424 g/mol. The standard InChI is InChI=1S/C22H21FN4O4/c1-14(28)15-6-7-19(17(23)12-15)26-8-10-27(11-9-26)20(29)13-31-22(30)21-16-4-2-3-5-18(16)24-25-21/h2-7,12H,8-11,13H2,1H3,(H,24,25). The van der Waals surface area contributed by atoms with Crippen molar-refractivity contribution < 1.29 is 23.5 Å². The summed E-state index contributed by atoms with van der Waals surface area (Å²) in [5.41, 5.74) is 1.56. The smallest absolute Gasteiger partial charge is 0.359 e. The SMILES string of the molecule is CC(=O)c1ccc(N2CCN(C(=O)COC(=O)c3n[nH]c4ccccc34)CC2)c(F)c1. The molecule has 0 bridgehead atoms. The Kier molecular flexibility index (Phi) is 5.66. The number of nitrogens with one attached hydrogen (secondary N) is 1. The lowest BCUT2D eigenvalue weighted by Crippen LogP contribution is -2.50. The van der Waals surface area contributed by atoms with Gasteiger partial charge in [0.2, 0.25) is 0 Å². The number of amides is 1. The summed E-state index contributed by atoms with van der Waals surface area (Å²) in [4.78, 5) is 39.6. The number of ketones is 1. The molecule has 1 fully saturated rings. The first kappa shape index (κ1) is 20.5. The molecule has 1 saturated heterocycles. The molecule has 1 aliphatic rings. The number of carbonyl (C=O) groups excluding carboxylic acids is 3. The van der Waals surface area contributed by atoms with Gasteiger partial charge in [0, 0.05) is 37.1 Å². The van der Waals surface area contributed by atoms with Crippen LogP contribution in [0.15, 0.2) is 42.5 Å². The number of H-pyrrole nitrogens is 1. The minimum absolute atomic E-state index is 0.137. The van der Waals surface area contributed by atoms with E-state index in [1.54, 1.807) is 35.2 Å². The quantitative estimate of drug-likeness (QED) is 0.499. The summed E-state index contributed by atoms with van der Waals surface area (Å²) < 4.78 is 19.5. The van der Waals surface area contributed by atoms with Crippen LogP contribution < -0.4 is 4.90 Å². The highest BCUT2D eigenvalue weighted by Gasteiger charge is 2.25. The summed E-state index contributed by atoms with van der Waals surface area (Å²) >= 11 is 0. The lowest BCUT2D eigenvalue weighted by Gasteiger charge is -2.36. The highest BCUT2D eigenvalue weighted by atomic mass is 19.1. The van der Waals surface area contributed by atoms with E-state index in [1.165, 1.54) is 13.0 Å². The summed E-state index contributed by atoms with van der Waals surface area (Å²) in [5.74, 6) is -1.65. The molecule has 1 aromatic heterocycles. The summed E-state index contributed by atoms with van der Waals surface area (Å²) in [7, 11) is 0. The van der Waals surface area contributed by atoms with Crippen LogP contribution in [0.2, 0.25) is 0 Å². The molecule has 2 heterocycles. The minimum Gasteiger partial charge on any atom is -0.451 e. The molecule has 0 spiro atoms. The fraction of sp³-hybridized carbons (Fsp3) is 0.273. The van der Waals surface area contributed by atoms with Gasteiger partial charge in [0.1, 0.15) is 5.82 Å². The van der Waals surface area contributed by atoms with Crippen LogP contribution in [0.5, 0.6) is 0 Å². The van der Waals surface area contributed by atoms with Crippen LogP contribution in [-0.4, -0.2) is 65.5 Å². The van der Waals surface area contributed by atoms with Crippen LogP contribution in [0.4, 0.5) is 10.1 Å². The van der Waals surface area contributed by atoms with Gasteiger partial charge >= 0.3 is 5.97 Å². The number of piperazine rings is 1. The van der Waals surface area contributed by atoms with Crippen LogP contribution in [0.1, 0.15) is 27.8 Å². The molecule has 2 aromatic carbocycles. The van der Waals surface area contributed by atoms with Crippen LogP contribution in [0.25, 0.3) is 10.9 Å². The lowest BCUT2D eigenvalue weighted by atomic mass is 10.1. The number of hydrogen-bond donors (Lipinski definition) is 1. The summed E-state index contributed by atoms with van der Waals surface area (Å²) in [5, 5.41) is 7.35. The van der Waals surface area contributed by atoms with Gasteiger partial charge < -0.3 is 14.5 Å². The third kappa shape index (κ3) is 4.25. The molecule has 9 heteroatoms. The first-order chi connectivity index (χ1) is 14.9. The molecule has 3 aromatic rings. The van der Waals surface area contributed by atoms with Gasteiger partial charge in [-0.3, -0.25) is 14.7 Å². The first-order valence-corrected chi connectivity index (χ1v) is 9.87. The maximum absolute atomic E-state index is 14.4. The molecule has 1 amide bonds. The lowest BCUT2D eigenvalue weighted by molar-refractivity contribution is -0.134. The third-order valence-corrected chi connectivity index (χ3v) is 5.32. The zero-order valence-corrected chi connectivity index (χ0v) is 16.9. The molecule has 0 atom stereocenters. The Balaban J connectivity index is 1.31. The molecule has 1 aliphatic heterocycles. The molecule has 0 aliphatic carbocycles. The van der Waals surface area contributed by atoms with E-state index in [9.17, 15) is 18.8 Å². The van der Waals surface area contributed by atoms with E-state index in [4.69, 9.17) is 4.74 Å². The molecule has 1 N–H and O–H groups in total. The van der Waals surface area contributed by atoms with Gasteiger partial charge in [0.15, 0.2) is 18.1 Å². The van der Waals surface area contributed by atoms with Gasteiger partial charge in [-0.1, -0.05) is 18.2 Å². The second-order valence-electron chi connectivity index (χ2n) is 7.28. The Morgan fingerprint density at radius 2 is 1.84 bits per heavy atom. The minimum atomic E-state index is -0.669. The number of benzene rings is 2. The van der Waals surface area contributed by atoms with Crippen molar-refractivity contribution in [3.8, 4) is 0 Å². The second kappa shape index (κ2) is 8.55. The van der Waals surface area contributed by atoms with Crippen molar-refractivity contribution in [1.82, 2.24) is 15.1 Å². The van der Waals surface area contributed by atoms with Crippen molar-refractivity contribution in [1.29, 1.82) is 0 Å². The number of para-hydroxylation sites is 1. The Bertz CT molecular complexity index is 1150. The zero-order valence-electron chi connectivity index (χ0n) is 16.9. The number of aromatic amines is 1. The largest absolute Gasteiger partial charge is 0.451 e. The average molecular weight is 424 g/mol.